The number of hydrogen-bond donors (Lipinski definition) is 8. The van der Waals surface area contributed by atoms with Crippen molar-refractivity contribution in [3.63, 3.8) is 0 Å². The maximum absolute atomic E-state index is 13.4. The van der Waals surface area contributed by atoms with Gasteiger partial charge in [0.2, 0.25) is 17.7 Å². The van der Waals surface area contributed by atoms with Gasteiger partial charge in [-0.3, -0.25) is 19.4 Å². The predicted octanol–water partition coefficient (Wildman–Crippen LogP) is -1.04. The van der Waals surface area contributed by atoms with Crippen LogP contribution in [-0.2, 0) is 20.9 Å². The van der Waals surface area contributed by atoms with Gasteiger partial charge >= 0.3 is 6.03 Å². The molecule has 0 radical (unpaired) electrons. The molecule has 14 heteroatoms. The second-order valence-electron chi connectivity index (χ2n) is 9.89. The van der Waals surface area contributed by atoms with Crippen molar-refractivity contribution in [1.82, 2.24) is 20.9 Å². The largest absolute Gasteiger partial charge is 0.370 e. The first kappa shape index (κ1) is 35.1. The molecule has 5 amide bonds. The number of guanidine groups is 1. The van der Waals surface area contributed by atoms with Gasteiger partial charge in [-0.2, -0.15) is 0 Å². The number of urea groups is 1. The molecule has 1 aromatic carbocycles. The highest BCUT2D eigenvalue weighted by Crippen LogP contribution is 2.08. The number of rotatable bonds is 20. The molecule has 230 valence electrons. The number of carbonyl (C=O) groups excluding carboxylic acids is 4. The Morgan fingerprint density at radius 3 is 1.78 bits per heavy atom. The molecule has 0 spiro atoms. The molecule has 13 N–H and O–H groups in total. The molecule has 0 aliphatic heterocycles. The highest BCUT2D eigenvalue weighted by Gasteiger charge is 2.29. The minimum absolute atomic E-state index is 0.0771. The van der Waals surface area contributed by atoms with Crippen LogP contribution < -0.4 is 44.6 Å². The minimum atomic E-state index is -0.975. The van der Waals surface area contributed by atoms with Crippen molar-refractivity contribution in [2.24, 2.45) is 33.7 Å². The summed E-state index contributed by atoms with van der Waals surface area (Å²) in [6, 6.07) is 6.19. The molecular weight excluding hydrogens is 528 g/mol. The predicted molar refractivity (Wildman–Crippen MR) is 159 cm³/mol. The fourth-order valence-electron chi connectivity index (χ4n) is 4.05. The number of benzene rings is 1. The molecule has 0 aliphatic rings. The molecule has 0 bridgehead atoms. The first-order valence-corrected chi connectivity index (χ1v) is 14.0. The summed E-state index contributed by atoms with van der Waals surface area (Å²) >= 11 is 0. The molecule has 1 rings (SSSR count). The fraction of sp³-hybridized carbons (Fsp3) is 0.593. The zero-order valence-corrected chi connectivity index (χ0v) is 24.0. The molecule has 0 aromatic heterocycles. The first-order chi connectivity index (χ1) is 19.6. The average molecular weight is 577 g/mol. The second-order valence-corrected chi connectivity index (χ2v) is 9.89. The van der Waals surface area contributed by atoms with Crippen LogP contribution in [0, 0.1) is 0 Å². The van der Waals surface area contributed by atoms with Crippen LogP contribution in [0.5, 0.6) is 0 Å². The van der Waals surface area contributed by atoms with Gasteiger partial charge in [0.25, 0.3) is 0 Å². The third kappa shape index (κ3) is 14.9. The summed E-state index contributed by atoms with van der Waals surface area (Å²) in [6.45, 7) is 1.48. The molecule has 0 saturated carbocycles. The molecular formula is C27H48N10O4. The lowest BCUT2D eigenvalue weighted by Crippen LogP contribution is -2.57. The molecule has 0 unspecified atom stereocenters. The Balaban J connectivity index is 2.96. The highest BCUT2D eigenvalue weighted by molar-refractivity contribution is 5.93. The van der Waals surface area contributed by atoms with Gasteiger partial charge in [0, 0.05) is 20.1 Å². The van der Waals surface area contributed by atoms with Crippen molar-refractivity contribution in [3.8, 4) is 0 Å². The summed E-state index contributed by atoms with van der Waals surface area (Å²) in [5.41, 5.74) is 28.3. The Hall–Kier alpha value is -3.91. The maximum Gasteiger partial charge on any atom is 0.318 e. The van der Waals surface area contributed by atoms with Crippen LogP contribution in [0.1, 0.15) is 56.9 Å². The lowest BCUT2D eigenvalue weighted by Gasteiger charge is -2.26. The van der Waals surface area contributed by atoms with Crippen LogP contribution in [0.2, 0.25) is 0 Å². The van der Waals surface area contributed by atoms with Crippen molar-refractivity contribution in [1.29, 1.82) is 0 Å². The van der Waals surface area contributed by atoms with Gasteiger partial charge in [-0.25, -0.2) is 4.79 Å². The topological polar surface area (TPSA) is 250 Å². The maximum atomic E-state index is 13.4. The van der Waals surface area contributed by atoms with Gasteiger partial charge in [0.15, 0.2) is 5.96 Å². The van der Waals surface area contributed by atoms with Crippen LogP contribution in [0.25, 0.3) is 0 Å². The minimum Gasteiger partial charge on any atom is -0.370 e. The Morgan fingerprint density at radius 2 is 1.27 bits per heavy atom. The molecule has 1 aromatic rings. The Bertz CT molecular complexity index is 972. The summed E-state index contributed by atoms with van der Waals surface area (Å²) in [7, 11) is 1.64. The third-order valence-corrected chi connectivity index (χ3v) is 6.36. The molecule has 3 atom stereocenters. The monoisotopic (exact) mass is 576 g/mol. The number of nitrogens with one attached hydrogen (secondary N) is 3. The van der Waals surface area contributed by atoms with Crippen molar-refractivity contribution in [2.75, 3.05) is 26.7 Å². The summed E-state index contributed by atoms with van der Waals surface area (Å²) in [5, 5.41) is 8.18. The first-order valence-electron chi connectivity index (χ1n) is 14.0. The number of unbranched alkanes of at least 4 members (excludes halogenated alkanes) is 2. The van der Waals surface area contributed by atoms with E-state index in [0.717, 1.165) is 5.56 Å². The van der Waals surface area contributed by atoms with E-state index in [1.165, 1.54) is 4.90 Å². The SMILES string of the molecule is CN(Cc1ccccc1)C(=O)N[C@@H](CCCCN)C(=O)N[C@@H](CCCCN)C(=O)N[C@@H](CCCN=C(N)N)C(N)=O. The summed E-state index contributed by atoms with van der Waals surface area (Å²) in [6.07, 6.45) is 3.70. The van der Waals surface area contributed by atoms with Gasteiger partial charge in [0.1, 0.15) is 18.1 Å². The van der Waals surface area contributed by atoms with E-state index in [1.807, 2.05) is 30.3 Å². The molecule has 0 aliphatic carbocycles. The fourth-order valence-corrected chi connectivity index (χ4v) is 4.05. The van der Waals surface area contributed by atoms with E-state index < -0.39 is 41.9 Å². The van der Waals surface area contributed by atoms with Gasteiger partial charge < -0.3 is 49.5 Å². The summed E-state index contributed by atoms with van der Waals surface area (Å²) < 4.78 is 0. The number of primary amides is 1. The zero-order chi connectivity index (χ0) is 30.6. The lowest BCUT2D eigenvalue weighted by atomic mass is 10.0. The van der Waals surface area contributed by atoms with E-state index in [2.05, 4.69) is 20.9 Å². The zero-order valence-electron chi connectivity index (χ0n) is 24.0. The normalized spacial score (nSPS) is 12.9. The number of carbonyl (C=O) groups is 4. The molecule has 14 nitrogen and oxygen atoms in total. The standard InChI is InChI=1S/C27H48N10O4/c1-37(18-19-10-3-2-4-11-19)27(41)36-22(13-6-8-16-29)25(40)35-21(12-5-7-15-28)24(39)34-20(23(30)38)14-9-17-33-26(31)32/h2-4,10-11,20-22H,5-9,12-18,28-29H2,1H3,(H2,30,38)(H,34,39)(H,35,40)(H,36,41)(H4,31,32,33)/t20-,21-,22-/m0/s1. The van der Waals surface area contributed by atoms with E-state index in [1.54, 1.807) is 7.05 Å². The number of hydrogen-bond acceptors (Lipinski definition) is 7. The third-order valence-electron chi connectivity index (χ3n) is 6.36. The van der Waals surface area contributed by atoms with E-state index in [4.69, 9.17) is 28.7 Å². The second kappa shape index (κ2) is 20.0. The Morgan fingerprint density at radius 1 is 0.756 bits per heavy atom. The van der Waals surface area contributed by atoms with E-state index in [9.17, 15) is 19.2 Å². The van der Waals surface area contributed by atoms with Crippen LogP contribution in [0.15, 0.2) is 35.3 Å². The van der Waals surface area contributed by atoms with Crippen LogP contribution in [0.3, 0.4) is 0 Å². The van der Waals surface area contributed by atoms with Gasteiger partial charge in [-0.1, -0.05) is 30.3 Å². The smallest absolute Gasteiger partial charge is 0.318 e. The van der Waals surface area contributed by atoms with Crippen LogP contribution >= 0.6 is 0 Å². The van der Waals surface area contributed by atoms with E-state index in [-0.39, 0.29) is 25.3 Å². The number of amides is 5. The number of nitrogens with two attached hydrogens (primary N) is 5. The highest BCUT2D eigenvalue weighted by atomic mass is 16.2. The number of aliphatic imine (C=N–C) groups is 1. The lowest BCUT2D eigenvalue weighted by molar-refractivity contribution is -0.132. The van der Waals surface area contributed by atoms with Gasteiger partial charge in [0.05, 0.1) is 0 Å². The van der Waals surface area contributed by atoms with Crippen molar-refractivity contribution < 1.29 is 19.2 Å². The molecule has 0 saturated heterocycles. The van der Waals surface area contributed by atoms with E-state index in [0.29, 0.717) is 58.2 Å². The molecule has 41 heavy (non-hydrogen) atoms. The van der Waals surface area contributed by atoms with Crippen molar-refractivity contribution in [2.45, 2.75) is 76.0 Å². The number of nitrogens with zero attached hydrogens (tertiary/aromatic N) is 2. The molecule has 0 heterocycles. The quantitative estimate of drug-likeness (QED) is 0.0539. The summed E-state index contributed by atoms with van der Waals surface area (Å²) in [5.74, 6) is -1.87. The van der Waals surface area contributed by atoms with E-state index >= 15 is 0 Å². The van der Waals surface area contributed by atoms with Gasteiger partial charge in [-0.05, 0) is 70.0 Å². The van der Waals surface area contributed by atoms with Crippen molar-refractivity contribution in [3.05, 3.63) is 35.9 Å². The summed E-state index contributed by atoms with van der Waals surface area (Å²) in [4.78, 5) is 56.9. The molecule has 0 fully saturated rings. The van der Waals surface area contributed by atoms with Crippen LogP contribution in [-0.4, -0.2) is 79.4 Å². The van der Waals surface area contributed by atoms with Gasteiger partial charge in [-0.15, -0.1) is 0 Å². The average Bonchev–Trinajstić information content (AvgIpc) is 2.93. The van der Waals surface area contributed by atoms with Crippen molar-refractivity contribution >= 4 is 29.7 Å². The Kier molecular flexibility index (Phi) is 17.2. The van der Waals surface area contributed by atoms with Crippen LogP contribution in [0.4, 0.5) is 4.79 Å². The Labute approximate surface area is 242 Å².